The van der Waals surface area contributed by atoms with Crippen LogP contribution in [0.1, 0.15) is 66.6 Å². The molecule has 2 aromatic heterocycles. The van der Waals surface area contributed by atoms with Crippen molar-refractivity contribution >= 4 is 40.4 Å². The zero-order valence-electron chi connectivity index (χ0n) is 27.2. The lowest BCUT2D eigenvalue weighted by Crippen LogP contribution is -2.49. The fourth-order valence-electron chi connectivity index (χ4n) is 5.75. The third-order valence-electron chi connectivity index (χ3n) is 8.33. The summed E-state index contributed by atoms with van der Waals surface area (Å²) in [5.74, 6) is 1.28. The Morgan fingerprint density at radius 1 is 1.00 bits per heavy atom. The Morgan fingerprint density at radius 3 is 2.52 bits per heavy atom. The lowest BCUT2D eigenvalue weighted by molar-refractivity contribution is -0.129. The highest BCUT2D eigenvalue weighted by atomic mass is 32.2. The summed E-state index contributed by atoms with van der Waals surface area (Å²) >= 11 is 1.63. The van der Waals surface area contributed by atoms with E-state index >= 15 is 0 Å². The number of aromatic nitrogens is 4. The molecule has 2 aromatic carbocycles. The molecule has 2 atom stereocenters. The molecular formula is C35H43N7O3S. The molecule has 46 heavy (non-hydrogen) atoms. The van der Waals surface area contributed by atoms with Crippen molar-refractivity contribution in [1.82, 2.24) is 35.3 Å². The summed E-state index contributed by atoms with van der Waals surface area (Å²) in [7, 11) is 0. The third kappa shape index (κ3) is 7.75. The van der Waals surface area contributed by atoms with Crippen LogP contribution in [0.4, 0.5) is 0 Å². The van der Waals surface area contributed by atoms with Gasteiger partial charge in [0.2, 0.25) is 11.8 Å². The number of pyridine rings is 1. The fraction of sp³-hybridized carbons (Fsp3) is 0.429. The third-order valence-corrected chi connectivity index (χ3v) is 8.97. The van der Waals surface area contributed by atoms with E-state index < -0.39 is 12.1 Å². The second-order valence-electron chi connectivity index (χ2n) is 12.2. The normalized spacial score (nSPS) is 18.2. The molecule has 5 rings (SSSR count). The maximum Gasteiger partial charge on any atom is 0.255 e. The first-order valence-corrected chi connectivity index (χ1v) is 17.3. The maximum atomic E-state index is 14.2. The summed E-state index contributed by atoms with van der Waals surface area (Å²) in [6, 6.07) is 16.5. The Balaban J connectivity index is 1.54. The van der Waals surface area contributed by atoms with Crippen molar-refractivity contribution in [2.24, 2.45) is 5.92 Å². The molecule has 0 unspecified atom stereocenters. The smallest absolute Gasteiger partial charge is 0.255 e. The van der Waals surface area contributed by atoms with Gasteiger partial charge >= 0.3 is 0 Å². The predicted molar refractivity (Wildman–Crippen MR) is 182 cm³/mol. The van der Waals surface area contributed by atoms with Crippen molar-refractivity contribution in [2.45, 2.75) is 65.6 Å². The Labute approximate surface area is 274 Å². The number of nitrogens with zero attached hydrogens (tertiary/aromatic N) is 5. The first-order chi connectivity index (χ1) is 22.1. The van der Waals surface area contributed by atoms with Crippen LogP contribution in [0, 0.1) is 19.8 Å². The van der Waals surface area contributed by atoms with Gasteiger partial charge in [0.15, 0.2) is 11.6 Å². The van der Waals surface area contributed by atoms with Crippen molar-refractivity contribution in [1.29, 1.82) is 0 Å². The molecule has 4 aromatic rings. The Morgan fingerprint density at radius 2 is 1.78 bits per heavy atom. The van der Waals surface area contributed by atoms with E-state index in [1.807, 2.05) is 93.2 Å². The lowest BCUT2D eigenvalue weighted by Gasteiger charge is -2.28. The van der Waals surface area contributed by atoms with E-state index in [0.29, 0.717) is 55.4 Å². The molecule has 10 nitrogen and oxygen atoms in total. The van der Waals surface area contributed by atoms with E-state index in [-0.39, 0.29) is 30.1 Å². The zero-order chi connectivity index (χ0) is 32.8. The molecule has 1 aliphatic rings. The minimum Gasteiger partial charge on any atom is -0.344 e. The molecule has 3 heterocycles. The summed E-state index contributed by atoms with van der Waals surface area (Å²) in [6.07, 6.45) is 3.12. The molecule has 0 spiro atoms. The van der Waals surface area contributed by atoms with Gasteiger partial charge in [-0.2, -0.15) is 16.9 Å². The molecule has 0 radical (unpaired) electrons. The van der Waals surface area contributed by atoms with Crippen LogP contribution in [0.3, 0.4) is 0 Å². The number of thioether (sulfide) groups is 1. The van der Waals surface area contributed by atoms with Crippen molar-refractivity contribution in [3.05, 3.63) is 77.2 Å². The first-order valence-electron chi connectivity index (χ1n) is 15.9. The van der Waals surface area contributed by atoms with Gasteiger partial charge in [-0.1, -0.05) is 55.8 Å². The van der Waals surface area contributed by atoms with Crippen molar-refractivity contribution in [2.75, 3.05) is 25.1 Å². The molecule has 2 N–H and O–H groups in total. The van der Waals surface area contributed by atoms with Crippen LogP contribution >= 0.6 is 11.8 Å². The average molecular weight is 642 g/mol. The van der Waals surface area contributed by atoms with Gasteiger partial charge in [-0.05, 0) is 62.8 Å². The number of rotatable bonds is 6. The van der Waals surface area contributed by atoms with Gasteiger partial charge in [0, 0.05) is 30.5 Å². The molecule has 242 valence electrons. The van der Waals surface area contributed by atoms with Gasteiger partial charge in [-0.25, -0.2) is 9.67 Å². The van der Waals surface area contributed by atoms with E-state index in [2.05, 4.69) is 10.6 Å². The van der Waals surface area contributed by atoms with Crippen LogP contribution in [-0.2, 0) is 16.1 Å². The summed E-state index contributed by atoms with van der Waals surface area (Å²) < 4.78 is 1.82. The molecule has 3 amide bonds. The molecular weight excluding hydrogens is 598 g/mol. The number of fused-ring (bicyclic) bond motifs is 2. The molecule has 0 saturated heterocycles. The van der Waals surface area contributed by atoms with Crippen molar-refractivity contribution < 1.29 is 14.4 Å². The predicted octanol–water partition coefficient (Wildman–Crippen LogP) is 5.10. The number of hydrogen-bond acceptors (Lipinski definition) is 7. The van der Waals surface area contributed by atoms with Crippen LogP contribution in [-0.4, -0.2) is 73.5 Å². The van der Waals surface area contributed by atoms with E-state index in [9.17, 15) is 14.4 Å². The number of carbonyl (C=O) groups excluding carboxylic acids is 3. The van der Waals surface area contributed by atoms with Gasteiger partial charge in [-0.15, -0.1) is 0 Å². The van der Waals surface area contributed by atoms with E-state index in [0.717, 1.165) is 27.8 Å². The van der Waals surface area contributed by atoms with E-state index in [1.165, 1.54) is 0 Å². The largest absolute Gasteiger partial charge is 0.344 e. The number of nitrogens with one attached hydrogen (secondary N) is 2. The summed E-state index contributed by atoms with van der Waals surface area (Å²) in [4.78, 5) is 52.4. The molecule has 0 saturated carbocycles. The van der Waals surface area contributed by atoms with Crippen LogP contribution in [0.25, 0.3) is 22.3 Å². The lowest BCUT2D eigenvalue weighted by atomic mass is 10.0. The Hall–Kier alpha value is -4.25. The molecule has 0 fully saturated rings. The maximum absolute atomic E-state index is 14.2. The second kappa shape index (κ2) is 14.9. The zero-order valence-corrected chi connectivity index (χ0v) is 28.1. The average Bonchev–Trinajstić information content (AvgIpc) is 3.46. The van der Waals surface area contributed by atoms with Crippen molar-refractivity contribution in [3.8, 4) is 11.4 Å². The van der Waals surface area contributed by atoms with Gasteiger partial charge < -0.3 is 15.5 Å². The highest BCUT2D eigenvalue weighted by Gasteiger charge is 2.30. The minimum atomic E-state index is -0.679. The monoisotopic (exact) mass is 641 g/mol. The van der Waals surface area contributed by atoms with Gasteiger partial charge in [0.25, 0.3) is 5.91 Å². The number of amides is 3. The molecule has 0 aliphatic carbocycles. The first kappa shape index (κ1) is 33.1. The summed E-state index contributed by atoms with van der Waals surface area (Å²) in [5.41, 5.74) is 4.00. The standard InChI is InChI=1S/C35H43N7O3S/c1-22(2)31-33-39-32(25-10-7-6-8-11-25)40-42(33)18-17-41(16-9-12-30(43)37-29(15-19-46-5)34(44)38-31)35(45)27-21-26-20-23(3)13-14-28(26)36-24(27)4/h6-8,10-11,13-14,20-22,29,31H,9,12,15-19H2,1-5H3,(H,37,43)(H,38,44)/t29-,31+/m0/s1. The Bertz CT molecular complexity index is 1710. The molecule has 11 heteroatoms. The van der Waals surface area contributed by atoms with Crippen LogP contribution in [0.5, 0.6) is 0 Å². The fourth-order valence-corrected chi connectivity index (χ4v) is 6.22. The Kier molecular flexibility index (Phi) is 10.7. The van der Waals surface area contributed by atoms with Crippen molar-refractivity contribution in [3.63, 3.8) is 0 Å². The number of carbonyl (C=O) groups is 3. The van der Waals surface area contributed by atoms with Crippen LogP contribution in [0.2, 0.25) is 0 Å². The molecule has 0 bridgehead atoms. The van der Waals surface area contributed by atoms with E-state index in [1.54, 1.807) is 16.7 Å². The number of benzene rings is 2. The highest BCUT2D eigenvalue weighted by Crippen LogP contribution is 2.25. The SMILES string of the molecule is CSCC[C@@H]1NC(=O)CCCN(C(=O)c2cc3cc(C)ccc3nc2C)CCn2nc(-c3ccccc3)nc2[C@@H](C(C)C)NC1=O. The van der Waals surface area contributed by atoms with E-state index in [4.69, 9.17) is 15.1 Å². The summed E-state index contributed by atoms with van der Waals surface area (Å²) in [6.45, 7) is 8.99. The number of hydrogen-bond donors (Lipinski definition) is 2. The highest BCUT2D eigenvalue weighted by molar-refractivity contribution is 7.98. The number of aryl methyl sites for hydroxylation is 2. The van der Waals surface area contributed by atoms with Crippen LogP contribution < -0.4 is 10.6 Å². The quantitative estimate of drug-likeness (QED) is 0.301. The topological polar surface area (TPSA) is 122 Å². The van der Waals surface area contributed by atoms with Crippen LogP contribution in [0.15, 0.2) is 54.6 Å². The van der Waals surface area contributed by atoms with Gasteiger partial charge in [0.05, 0.1) is 29.4 Å². The summed E-state index contributed by atoms with van der Waals surface area (Å²) in [5, 5.41) is 11.9. The minimum absolute atomic E-state index is 0.0205. The van der Waals surface area contributed by atoms with Gasteiger partial charge in [-0.3, -0.25) is 19.4 Å². The van der Waals surface area contributed by atoms with Gasteiger partial charge in [0.1, 0.15) is 6.04 Å². The molecule has 1 aliphatic heterocycles. The second-order valence-corrected chi connectivity index (χ2v) is 13.2.